The first-order valence-corrected chi connectivity index (χ1v) is 9.26. The summed E-state index contributed by atoms with van der Waals surface area (Å²) in [6.45, 7) is 5.17. The maximum absolute atomic E-state index is 12.9. The molecule has 0 aliphatic heterocycles. The first-order chi connectivity index (χ1) is 14.1. The van der Waals surface area contributed by atoms with Crippen molar-refractivity contribution in [2.75, 3.05) is 12.4 Å². The number of carbonyl (C=O) groups is 2. The van der Waals surface area contributed by atoms with Crippen molar-refractivity contribution in [3.8, 4) is 5.75 Å². The average Bonchev–Trinajstić information content (AvgIpc) is 2.66. The number of hydrogen-bond donors (Lipinski definition) is 2. The summed E-state index contributed by atoms with van der Waals surface area (Å²) in [5.74, 6) is -0.384. The number of anilines is 1. The van der Waals surface area contributed by atoms with Crippen molar-refractivity contribution in [2.24, 2.45) is 0 Å². The van der Waals surface area contributed by atoms with E-state index in [0.29, 0.717) is 0 Å². The number of amides is 2. The first-order valence-electron chi connectivity index (χ1n) is 9.26. The molecule has 9 nitrogen and oxygen atoms in total. The second kappa shape index (κ2) is 9.73. The van der Waals surface area contributed by atoms with Crippen molar-refractivity contribution >= 4 is 23.4 Å². The zero-order valence-corrected chi connectivity index (χ0v) is 17.3. The number of non-ortho nitro benzene ring substituents is 1. The molecule has 1 unspecified atom stereocenters. The van der Waals surface area contributed by atoms with E-state index in [9.17, 15) is 19.7 Å². The number of ether oxygens (including phenoxy) is 2. The van der Waals surface area contributed by atoms with Gasteiger partial charge < -0.3 is 20.1 Å². The minimum Gasteiger partial charge on any atom is -0.494 e. The van der Waals surface area contributed by atoms with E-state index in [2.05, 4.69) is 10.6 Å². The number of nitrogens with zero attached hydrogens (tertiary/aromatic N) is 1. The van der Waals surface area contributed by atoms with Crippen molar-refractivity contribution < 1.29 is 24.0 Å². The lowest BCUT2D eigenvalue weighted by atomic mass is 10.1. The van der Waals surface area contributed by atoms with Gasteiger partial charge in [-0.2, -0.15) is 0 Å². The van der Waals surface area contributed by atoms with Crippen LogP contribution in [-0.4, -0.2) is 35.7 Å². The van der Waals surface area contributed by atoms with Gasteiger partial charge in [0.2, 0.25) is 5.91 Å². The lowest BCUT2D eigenvalue weighted by molar-refractivity contribution is -0.384. The van der Waals surface area contributed by atoms with E-state index in [0.717, 1.165) is 5.56 Å². The standard InChI is InChI=1S/C21H25N3O6/c1-21(2,3)30-20(26)23-17(12-14-8-6-5-7-9-14)19(25)22-16-11-10-15(24(27)28)13-18(16)29-4/h5-11,13,17H,12H2,1-4H3,(H,22,25)(H,23,26). The molecule has 160 valence electrons. The third kappa shape index (κ3) is 6.77. The topological polar surface area (TPSA) is 120 Å². The Morgan fingerprint density at radius 1 is 1.13 bits per heavy atom. The number of nitro benzene ring substituents is 1. The van der Waals surface area contributed by atoms with Crippen molar-refractivity contribution in [1.82, 2.24) is 5.32 Å². The molecule has 2 amide bonds. The largest absolute Gasteiger partial charge is 0.494 e. The number of nitrogens with one attached hydrogen (secondary N) is 2. The summed E-state index contributed by atoms with van der Waals surface area (Å²) < 4.78 is 10.4. The number of benzene rings is 2. The molecule has 0 aliphatic carbocycles. The third-order valence-corrected chi connectivity index (χ3v) is 3.94. The van der Waals surface area contributed by atoms with Crippen LogP contribution in [0.4, 0.5) is 16.2 Å². The average molecular weight is 415 g/mol. The maximum Gasteiger partial charge on any atom is 0.408 e. The smallest absolute Gasteiger partial charge is 0.408 e. The first kappa shape index (κ1) is 22.7. The molecular weight excluding hydrogens is 390 g/mol. The molecule has 2 aromatic rings. The van der Waals surface area contributed by atoms with E-state index in [-0.39, 0.29) is 23.5 Å². The second-order valence-corrected chi connectivity index (χ2v) is 7.52. The molecule has 0 heterocycles. The fraction of sp³-hybridized carbons (Fsp3) is 0.333. The number of rotatable bonds is 7. The van der Waals surface area contributed by atoms with E-state index in [1.54, 1.807) is 20.8 Å². The Hall–Kier alpha value is -3.62. The highest BCUT2D eigenvalue weighted by atomic mass is 16.6. The summed E-state index contributed by atoms with van der Waals surface area (Å²) in [5.41, 5.74) is 0.193. The Bertz CT molecular complexity index is 909. The minimum absolute atomic E-state index is 0.133. The molecule has 0 saturated carbocycles. The van der Waals surface area contributed by atoms with Gasteiger partial charge in [0.1, 0.15) is 17.4 Å². The molecule has 0 bridgehead atoms. The van der Waals surface area contributed by atoms with E-state index in [1.165, 1.54) is 25.3 Å². The zero-order valence-electron chi connectivity index (χ0n) is 17.3. The Balaban J connectivity index is 2.23. The fourth-order valence-corrected chi connectivity index (χ4v) is 2.63. The van der Waals surface area contributed by atoms with Gasteiger partial charge in [-0.25, -0.2) is 4.79 Å². The van der Waals surface area contributed by atoms with Gasteiger partial charge >= 0.3 is 6.09 Å². The minimum atomic E-state index is -0.942. The van der Waals surface area contributed by atoms with Crippen LogP contribution in [-0.2, 0) is 16.0 Å². The van der Waals surface area contributed by atoms with Crippen LogP contribution in [0.2, 0.25) is 0 Å². The number of hydrogen-bond acceptors (Lipinski definition) is 6. The Morgan fingerprint density at radius 3 is 2.37 bits per heavy atom. The van der Waals surface area contributed by atoms with E-state index >= 15 is 0 Å². The molecule has 2 rings (SSSR count). The highest BCUT2D eigenvalue weighted by Crippen LogP contribution is 2.29. The van der Waals surface area contributed by atoms with Crippen LogP contribution >= 0.6 is 0 Å². The zero-order chi connectivity index (χ0) is 22.3. The van der Waals surface area contributed by atoms with Gasteiger partial charge in [-0.1, -0.05) is 30.3 Å². The summed E-state index contributed by atoms with van der Waals surface area (Å²) in [5, 5.41) is 16.2. The molecule has 0 saturated heterocycles. The quantitative estimate of drug-likeness (QED) is 0.526. The highest BCUT2D eigenvalue weighted by molar-refractivity contribution is 5.98. The molecule has 0 aliphatic rings. The van der Waals surface area contributed by atoms with Crippen LogP contribution in [0, 0.1) is 10.1 Å². The predicted octanol–water partition coefficient (Wildman–Crippen LogP) is 3.68. The van der Waals surface area contributed by atoms with Crippen LogP contribution in [0.5, 0.6) is 5.75 Å². The van der Waals surface area contributed by atoms with Crippen LogP contribution in [0.3, 0.4) is 0 Å². The summed E-state index contributed by atoms with van der Waals surface area (Å²) >= 11 is 0. The third-order valence-electron chi connectivity index (χ3n) is 3.94. The maximum atomic E-state index is 12.9. The van der Waals surface area contributed by atoms with E-state index in [4.69, 9.17) is 9.47 Å². The summed E-state index contributed by atoms with van der Waals surface area (Å²) in [7, 11) is 1.34. The van der Waals surface area contributed by atoms with Gasteiger partial charge in [0, 0.05) is 12.5 Å². The molecule has 1 atom stereocenters. The molecule has 2 N–H and O–H groups in total. The van der Waals surface area contributed by atoms with Crippen molar-refractivity contribution in [1.29, 1.82) is 0 Å². The van der Waals surface area contributed by atoms with Crippen LogP contribution in [0.15, 0.2) is 48.5 Å². The predicted molar refractivity (Wildman–Crippen MR) is 112 cm³/mol. The molecular formula is C21H25N3O6. The molecule has 2 aromatic carbocycles. The Labute approximate surface area is 174 Å². The summed E-state index contributed by atoms with van der Waals surface area (Å²) in [6, 6.07) is 12.1. The SMILES string of the molecule is COc1cc([N+](=O)[O-])ccc1NC(=O)C(Cc1ccccc1)NC(=O)OC(C)(C)C. The summed E-state index contributed by atoms with van der Waals surface area (Å²) in [4.78, 5) is 35.6. The van der Waals surface area contributed by atoms with Gasteiger partial charge in [-0.05, 0) is 32.4 Å². The monoisotopic (exact) mass is 415 g/mol. The molecule has 30 heavy (non-hydrogen) atoms. The molecule has 0 aromatic heterocycles. The van der Waals surface area contributed by atoms with Crippen molar-refractivity contribution in [3.63, 3.8) is 0 Å². The van der Waals surface area contributed by atoms with E-state index in [1.807, 2.05) is 30.3 Å². The molecule has 0 radical (unpaired) electrons. The Morgan fingerprint density at radius 2 is 1.80 bits per heavy atom. The second-order valence-electron chi connectivity index (χ2n) is 7.52. The van der Waals surface area contributed by atoms with Gasteiger partial charge in [-0.3, -0.25) is 14.9 Å². The number of alkyl carbamates (subject to hydrolysis) is 1. The van der Waals surface area contributed by atoms with E-state index < -0.39 is 28.6 Å². The summed E-state index contributed by atoms with van der Waals surface area (Å²) in [6.07, 6.45) is -0.504. The number of carbonyl (C=O) groups excluding carboxylic acids is 2. The Kier molecular flexibility index (Phi) is 7.35. The van der Waals surface area contributed by atoms with Gasteiger partial charge in [-0.15, -0.1) is 0 Å². The van der Waals surface area contributed by atoms with Crippen molar-refractivity contribution in [2.45, 2.75) is 38.8 Å². The van der Waals surface area contributed by atoms with Gasteiger partial charge in [0.05, 0.1) is 23.8 Å². The van der Waals surface area contributed by atoms with Crippen LogP contribution < -0.4 is 15.4 Å². The van der Waals surface area contributed by atoms with Crippen LogP contribution in [0.25, 0.3) is 0 Å². The van der Waals surface area contributed by atoms with Gasteiger partial charge in [0.15, 0.2) is 0 Å². The lowest BCUT2D eigenvalue weighted by Gasteiger charge is -2.23. The van der Waals surface area contributed by atoms with Crippen LogP contribution in [0.1, 0.15) is 26.3 Å². The number of nitro groups is 1. The van der Waals surface area contributed by atoms with Crippen molar-refractivity contribution in [3.05, 3.63) is 64.2 Å². The molecule has 0 fully saturated rings. The molecule has 9 heteroatoms. The van der Waals surface area contributed by atoms with Gasteiger partial charge in [0.25, 0.3) is 5.69 Å². The fourth-order valence-electron chi connectivity index (χ4n) is 2.63. The lowest BCUT2D eigenvalue weighted by Crippen LogP contribution is -2.47. The highest BCUT2D eigenvalue weighted by Gasteiger charge is 2.26. The normalized spacial score (nSPS) is 11.9. The molecule has 0 spiro atoms. The number of methoxy groups -OCH3 is 1.